The van der Waals surface area contributed by atoms with Crippen LogP contribution in [0.1, 0.15) is 55.7 Å². The van der Waals surface area contributed by atoms with Crippen LogP contribution in [-0.2, 0) is 28.2 Å². The van der Waals surface area contributed by atoms with Crippen molar-refractivity contribution in [2.75, 3.05) is 32.7 Å². The van der Waals surface area contributed by atoms with Crippen molar-refractivity contribution < 1.29 is 22.7 Å². The molecule has 2 saturated heterocycles. The van der Waals surface area contributed by atoms with E-state index in [0.717, 1.165) is 17.5 Å². The van der Waals surface area contributed by atoms with E-state index in [2.05, 4.69) is 5.10 Å². The average Bonchev–Trinajstić information content (AvgIpc) is 3.72. The number of sulfonamides is 1. The van der Waals surface area contributed by atoms with Gasteiger partial charge in [-0.05, 0) is 45.6 Å². The molecule has 2 aromatic heterocycles. The summed E-state index contributed by atoms with van der Waals surface area (Å²) >= 11 is 0. The first-order valence-electron chi connectivity index (χ1n) is 16.3. The standard InChI is InChI=1S/C35H43N7O5S/c1-35(2,3)47-34(44)39-18-19-41(29(22-39)20-26-12-7-5-8-13-26)33(43)31-32(27-14-9-6-10-15-27)42(25-36-31)28-16-11-17-40(23-28)48(45,46)30-21-37-38(4)24-30/h5-10,12-15,21,24-25,28-29H,11,16-20,22-23H2,1-4H3/t28?,29-/m1/s1. The van der Waals surface area contributed by atoms with Crippen molar-refractivity contribution >= 4 is 22.0 Å². The van der Waals surface area contributed by atoms with Crippen molar-refractivity contribution in [3.05, 3.63) is 90.6 Å². The first-order valence-corrected chi connectivity index (χ1v) is 17.8. The highest BCUT2D eigenvalue weighted by Gasteiger charge is 2.38. The Morgan fingerprint density at radius 1 is 0.958 bits per heavy atom. The Morgan fingerprint density at radius 3 is 2.33 bits per heavy atom. The Kier molecular flexibility index (Phi) is 9.44. The third-order valence-corrected chi connectivity index (χ3v) is 10.6. The molecule has 0 bridgehead atoms. The zero-order chi connectivity index (χ0) is 34.1. The summed E-state index contributed by atoms with van der Waals surface area (Å²) in [6, 6.07) is 19.0. The minimum absolute atomic E-state index is 0.158. The molecule has 254 valence electrons. The Hall–Kier alpha value is -4.49. The SMILES string of the molecule is Cn1cc(S(=O)(=O)N2CCCC(n3cnc(C(=O)N4CCN(C(=O)OC(C)(C)C)C[C@H]4Cc4ccccc4)c3-c3ccccc3)C2)cn1. The molecule has 2 fully saturated rings. The summed E-state index contributed by atoms with van der Waals surface area (Å²) in [5, 5.41) is 4.06. The first kappa shape index (κ1) is 33.4. The zero-order valence-corrected chi connectivity index (χ0v) is 28.7. The van der Waals surface area contributed by atoms with Gasteiger partial charge in [0.2, 0.25) is 10.0 Å². The Labute approximate surface area is 282 Å². The summed E-state index contributed by atoms with van der Waals surface area (Å²) in [6.45, 7) is 7.13. The molecule has 0 aliphatic carbocycles. The van der Waals surface area contributed by atoms with E-state index in [-0.39, 0.29) is 29.4 Å². The van der Waals surface area contributed by atoms with Gasteiger partial charge in [0, 0.05) is 57.6 Å². The van der Waals surface area contributed by atoms with Crippen LogP contribution in [0.25, 0.3) is 11.3 Å². The van der Waals surface area contributed by atoms with Crippen LogP contribution >= 0.6 is 0 Å². The normalized spacial score (nSPS) is 19.3. The molecule has 2 aromatic carbocycles. The van der Waals surface area contributed by atoms with Crippen molar-refractivity contribution in [1.82, 2.24) is 33.4 Å². The molecule has 0 N–H and O–H groups in total. The Balaban J connectivity index is 1.32. The highest BCUT2D eigenvalue weighted by atomic mass is 32.2. The van der Waals surface area contributed by atoms with Crippen molar-refractivity contribution in [3.63, 3.8) is 0 Å². The first-order chi connectivity index (χ1) is 22.9. The summed E-state index contributed by atoms with van der Waals surface area (Å²) in [5.74, 6) is -0.229. The van der Waals surface area contributed by atoms with E-state index in [1.54, 1.807) is 18.3 Å². The van der Waals surface area contributed by atoms with Crippen molar-refractivity contribution in [3.8, 4) is 11.3 Å². The maximum Gasteiger partial charge on any atom is 0.410 e. The van der Waals surface area contributed by atoms with E-state index >= 15 is 0 Å². The van der Waals surface area contributed by atoms with Crippen molar-refractivity contribution in [2.45, 2.75) is 62.6 Å². The predicted octanol–water partition coefficient (Wildman–Crippen LogP) is 4.61. The van der Waals surface area contributed by atoms with Crippen LogP contribution < -0.4 is 0 Å². The Morgan fingerprint density at radius 2 is 1.67 bits per heavy atom. The van der Waals surface area contributed by atoms with Crippen LogP contribution in [0.15, 0.2) is 84.3 Å². The van der Waals surface area contributed by atoms with E-state index in [1.165, 1.54) is 21.4 Å². The number of ether oxygens (including phenoxy) is 1. The second kappa shape index (κ2) is 13.6. The van der Waals surface area contributed by atoms with Gasteiger partial charge in [0.05, 0.1) is 24.3 Å². The van der Waals surface area contributed by atoms with Gasteiger partial charge in [-0.15, -0.1) is 0 Å². The van der Waals surface area contributed by atoms with Gasteiger partial charge < -0.3 is 19.1 Å². The maximum absolute atomic E-state index is 14.6. The molecule has 2 aliphatic rings. The number of imidazole rings is 1. The van der Waals surface area contributed by atoms with Gasteiger partial charge >= 0.3 is 6.09 Å². The number of piperidine rings is 1. The predicted molar refractivity (Wildman–Crippen MR) is 181 cm³/mol. The summed E-state index contributed by atoms with van der Waals surface area (Å²) < 4.78 is 37.7. The lowest BCUT2D eigenvalue weighted by Crippen LogP contribution is -2.58. The number of amides is 2. The second-order valence-corrected chi connectivity index (χ2v) is 15.4. The minimum atomic E-state index is -3.75. The number of hydrogen-bond donors (Lipinski definition) is 0. The van der Waals surface area contributed by atoms with Gasteiger partial charge in [0.15, 0.2) is 5.69 Å². The number of carbonyl (C=O) groups excluding carboxylic acids is 2. The number of hydrogen-bond acceptors (Lipinski definition) is 7. The molecule has 1 unspecified atom stereocenters. The third-order valence-electron chi connectivity index (χ3n) is 8.82. The molecule has 4 aromatic rings. The second-order valence-electron chi connectivity index (χ2n) is 13.5. The molecule has 0 radical (unpaired) electrons. The van der Waals surface area contributed by atoms with E-state index in [9.17, 15) is 18.0 Å². The van der Waals surface area contributed by atoms with Gasteiger partial charge in [0.25, 0.3) is 5.91 Å². The highest BCUT2D eigenvalue weighted by molar-refractivity contribution is 7.89. The van der Waals surface area contributed by atoms with E-state index in [4.69, 9.17) is 9.72 Å². The molecule has 12 nitrogen and oxygen atoms in total. The summed E-state index contributed by atoms with van der Waals surface area (Å²) in [5.41, 5.74) is 2.19. The van der Waals surface area contributed by atoms with Crippen molar-refractivity contribution in [1.29, 1.82) is 0 Å². The van der Waals surface area contributed by atoms with E-state index in [0.29, 0.717) is 50.4 Å². The summed E-state index contributed by atoms with van der Waals surface area (Å²) in [6.07, 6.45) is 6.10. The number of nitrogens with zero attached hydrogens (tertiary/aromatic N) is 7. The Bertz CT molecular complexity index is 1850. The van der Waals surface area contributed by atoms with Gasteiger partial charge in [-0.3, -0.25) is 9.48 Å². The van der Waals surface area contributed by atoms with Crippen LogP contribution in [0.2, 0.25) is 0 Å². The molecule has 13 heteroatoms. The topological polar surface area (TPSA) is 123 Å². The molecule has 2 aliphatic heterocycles. The molecule has 2 amide bonds. The average molecular weight is 674 g/mol. The van der Waals surface area contributed by atoms with Crippen LogP contribution in [0.3, 0.4) is 0 Å². The smallest absolute Gasteiger partial charge is 0.410 e. The lowest BCUT2D eigenvalue weighted by atomic mass is 10.0. The lowest BCUT2D eigenvalue weighted by Gasteiger charge is -2.41. The van der Waals surface area contributed by atoms with E-state index < -0.39 is 21.7 Å². The molecule has 48 heavy (non-hydrogen) atoms. The molecule has 0 saturated carbocycles. The fourth-order valence-corrected chi connectivity index (χ4v) is 8.04. The van der Waals surface area contributed by atoms with Crippen LogP contribution in [0.4, 0.5) is 4.79 Å². The fraction of sp³-hybridized carbons (Fsp3) is 0.429. The molecule has 0 spiro atoms. The van der Waals surface area contributed by atoms with Gasteiger partial charge in [0.1, 0.15) is 10.5 Å². The van der Waals surface area contributed by atoms with Crippen LogP contribution in [0.5, 0.6) is 0 Å². The lowest BCUT2D eigenvalue weighted by molar-refractivity contribution is 0.00429. The molecule has 4 heterocycles. The van der Waals surface area contributed by atoms with Gasteiger partial charge in [-0.2, -0.15) is 9.40 Å². The minimum Gasteiger partial charge on any atom is -0.444 e. The van der Waals surface area contributed by atoms with E-state index in [1.807, 2.05) is 90.9 Å². The maximum atomic E-state index is 14.6. The fourth-order valence-electron chi connectivity index (χ4n) is 6.54. The van der Waals surface area contributed by atoms with Crippen molar-refractivity contribution in [2.24, 2.45) is 7.05 Å². The zero-order valence-electron chi connectivity index (χ0n) is 27.9. The van der Waals surface area contributed by atoms with Crippen LogP contribution in [-0.4, -0.2) is 98.2 Å². The van der Waals surface area contributed by atoms with Crippen LogP contribution in [0, 0.1) is 0 Å². The van der Waals surface area contributed by atoms with Gasteiger partial charge in [-0.25, -0.2) is 18.2 Å². The number of carbonyl (C=O) groups is 2. The summed E-state index contributed by atoms with van der Waals surface area (Å²) in [7, 11) is -2.06. The molecular weight excluding hydrogens is 630 g/mol. The number of piperazine rings is 1. The largest absolute Gasteiger partial charge is 0.444 e. The highest BCUT2D eigenvalue weighted by Crippen LogP contribution is 2.34. The monoisotopic (exact) mass is 673 g/mol. The number of benzene rings is 2. The van der Waals surface area contributed by atoms with Gasteiger partial charge in [-0.1, -0.05) is 60.7 Å². The number of aryl methyl sites for hydroxylation is 1. The summed E-state index contributed by atoms with van der Waals surface area (Å²) in [4.78, 5) is 36.1. The molecule has 6 rings (SSSR count). The molecular formula is C35H43N7O5S. The number of aromatic nitrogens is 4. The third kappa shape index (κ3) is 7.16. The quantitative estimate of drug-likeness (QED) is 0.281. The molecule has 2 atom stereocenters. The number of rotatable bonds is 7.